The number of nitrogens with zero attached hydrogens (tertiary/aromatic N) is 1. The van der Waals surface area contributed by atoms with Crippen molar-refractivity contribution in [2.45, 2.75) is 20.8 Å². The van der Waals surface area contributed by atoms with E-state index in [4.69, 9.17) is 0 Å². The Kier molecular flexibility index (Phi) is 5.04. The van der Waals surface area contributed by atoms with E-state index in [1.165, 1.54) is 23.5 Å². The molecule has 0 fully saturated rings. The number of rotatable bonds is 4. The van der Waals surface area contributed by atoms with Crippen molar-refractivity contribution in [3.8, 4) is 11.3 Å². The van der Waals surface area contributed by atoms with Crippen LogP contribution in [0.4, 0.5) is 20.9 Å². The second-order valence-corrected chi connectivity index (χ2v) is 7.82. The molecule has 0 atom stereocenters. The van der Waals surface area contributed by atoms with Gasteiger partial charge in [-0.2, -0.15) is 0 Å². The van der Waals surface area contributed by atoms with Crippen LogP contribution in [0, 0.1) is 11.2 Å². The van der Waals surface area contributed by atoms with E-state index in [1.54, 1.807) is 12.1 Å². The number of hydrogen-bond donors (Lipinski definition) is 2. The minimum Gasteiger partial charge on any atom is -0.331 e. The highest BCUT2D eigenvalue weighted by Crippen LogP contribution is 2.29. The molecule has 1 heterocycles. The standard InChI is InChI=1S/C20H20FN3OS/c1-20(2,3)18(25)22-15-8-4-6-13(10-15)17-12-26-19(24-17)23-16-9-5-7-14(21)11-16/h4-12H,1-3H3,(H,22,25)(H,23,24). The van der Waals surface area contributed by atoms with E-state index in [2.05, 4.69) is 15.6 Å². The number of carbonyl (C=O) groups is 1. The molecule has 1 amide bonds. The van der Waals surface area contributed by atoms with Gasteiger partial charge in [-0.05, 0) is 30.3 Å². The number of aromatic nitrogens is 1. The molecule has 4 nitrogen and oxygen atoms in total. The quantitative estimate of drug-likeness (QED) is 0.622. The summed E-state index contributed by atoms with van der Waals surface area (Å²) in [7, 11) is 0. The highest BCUT2D eigenvalue weighted by atomic mass is 32.1. The zero-order chi connectivity index (χ0) is 18.7. The summed E-state index contributed by atoms with van der Waals surface area (Å²) < 4.78 is 13.3. The number of thiazole rings is 1. The van der Waals surface area contributed by atoms with E-state index >= 15 is 0 Å². The van der Waals surface area contributed by atoms with Crippen molar-refractivity contribution in [1.29, 1.82) is 0 Å². The van der Waals surface area contributed by atoms with Crippen LogP contribution in [0.25, 0.3) is 11.3 Å². The fourth-order valence-electron chi connectivity index (χ4n) is 2.23. The molecule has 0 saturated heterocycles. The maximum absolute atomic E-state index is 13.3. The molecule has 0 radical (unpaired) electrons. The van der Waals surface area contributed by atoms with Crippen LogP contribution < -0.4 is 10.6 Å². The van der Waals surface area contributed by atoms with E-state index in [-0.39, 0.29) is 11.7 Å². The molecular weight excluding hydrogens is 349 g/mol. The lowest BCUT2D eigenvalue weighted by Gasteiger charge is -2.17. The molecule has 3 aromatic rings. The summed E-state index contributed by atoms with van der Waals surface area (Å²) in [5, 5.41) is 8.62. The van der Waals surface area contributed by atoms with Gasteiger partial charge in [0.2, 0.25) is 5.91 Å². The first-order chi connectivity index (χ1) is 12.3. The van der Waals surface area contributed by atoms with Crippen molar-refractivity contribution in [3.05, 3.63) is 59.7 Å². The largest absolute Gasteiger partial charge is 0.331 e. The minimum atomic E-state index is -0.460. The summed E-state index contributed by atoms with van der Waals surface area (Å²) in [6.45, 7) is 5.62. The molecule has 0 aliphatic heterocycles. The zero-order valence-electron chi connectivity index (χ0n) is 14.8. The van der Waals surface area contributed by atoms with Gasteiger partial charge < -0.3 is 10.6 Å². The van der Waals surface area contributed by atoms with Gasteiger partial charge in [0.05, 0.1) is 5.69 Å². The van der Waals surface area contributed by atoms with Gasteiger partial charge in [-0.1, -0.05) is 39.0 Å². The fraction of sp³-hybridized carbons (Fsp3) is 0.200. The Morgan fingerprint density at radius 2 is 1.81 bits per heavy atom. The van der Waals surface area contributed by atoms with E-state index < -0.39 is 5.41 Å². The predicted octanol–water partition coefficient (Wildman–Crippen LogP) is 5.68. The van der Waals surface area contributed by atoms with Gasteiger partial charge in [0.1, 0.15) is 5.82 Å². The number of benzene rings is 2. The molecule has 0 aliphatic carbocycles. The molecule has 26 heavy (non-hydrogen) atoms. The van der Waals surface area contributed by atoms with Gasteiger partial charge in [0.25, 0.3) is 0 Å². The first-order valence-electron chi connectivity index (χ1n) is 8.21. The zero-order valence-corrected chi connectivity index (χ0v) is 15.7. The first kappa shape index (κ1) is 18.1. The summed E-state index contributed by atoms with van der Waals surface area (Å²) in [5.41, 5.74) is 2.62. The Bertz CT molecular complexity index is 931. The number of anilines is 3. The van der Waals surface area contributed by atoms with Gasteiger partial charge in [0, 0.05) is 27.7 Å². The number of nitrogens with one attached hydrogen (secondary N) is 2. The molecule has 3 rings (SSSR count). The predicted molar refractivity (Wildman–Crippen MR) is 105 cm³/mol. The van der Waals surface area contributed by atoms with Crippen LogP contribution in [0.15, 0.2) is 53.9 Å². The molecule has 1 aromatic heterocycles. The van der Waals surface area contributed by atoms with Crippen molar-refractivity contribution in [2.24, 2.45) is 5.41 Å². The van der Waals surface area contributed by atoms with Crippen LogP contribution >= 0.6 is 11.3 Å². The summed E-state index contributed by atoms with van der Waals surface area (Å²) in [5.74, 6) is -0.338. The van der Waals surface area contributed by atoms with Crippen molar-refractivity contribution in [1.82, 2.24) is 4.98 Å². The van der Waals surface area contributed by atoms with E-state index in [1.807, 2.05) is 50.4 Å². The van der Waals surface area contributed by atoms with Crippen molar-refractivity contribution in [2.75, 3.05) is 10.6 Å². The normalized spacial score (nSPS) is 11.2. The Labute approximate surface area is 156 Å². The maximum atomic E-state index is 13.3. The highest BCUT2D eigenvalue weighted by molar-refractivity contribution is 7.14. The summed E-state index contributed by atoms with van der Waals surface area (Å²) in [4.78, 5) is 16.7. The van der Waals surface area contributed by atoms with Crippen molar-refractivity contribution in [3.63, 3.8) is 0 Å². The van der Waals surface area contributed by atoms with Gasteiger partial charge in [-0.3, -0.25) is 4.79 Å². The maximum Gasteiger partial charge on any atom is 0.229 e. The molecular formula is C20H20FN3OS. The van der Waals surface area contributed by atoms with Gasteiger partial charge in [-0.25, -0.2) is 9.37 Å². The average molecular weight is 369 g/mol. The van der Waals surface area contributed by atoms with Crippen molar-refractivity contribution >= 4 is 33.8 Å². The summed E-state index contributed by atoms with van der Waals surface area (Å²) in [6, 6.07) is 13.8. The summed E-state index contributed by atoms with van der Waals surface area (Å²) in [6.07, 6.45) is 0. The fourth-order valence-corrected chi connectivity index (χ4v) is 2.97. The monoisotopic (exact) mass is 369 g/mol. The number of amides is 1. The van der Waals surface area contributed by atoms with Crippen LogP contribution in [0.3, 0.4) is 0 Å². The van der Waals surface area contributed by atoms with E-state index in [0.717, 1.165) is 16.9 Å². The lowest BCUT2D eigenvalue weighted by atomic mass is 9.95. The van der Waals surface area contributed by atoms with Crippen LogP contribution in [0.2, 0.25) is 0 Å². The Balaban J connectivity index is 1.77. The topological polar surface area (TPSA) is 54.0 Å². The highest BCUT2D eigenvalue weighted by Gasteiger charge is 2.21. The van der Waals surface area contributed by atoms with Gasteiger partial charge in [0.15, 0.2) is 5.13 Å². The van der Waals surface area contributed by atoms with Crippen molar-refractivity contribution < 1.29 is 9.18 Å². The van der Waals surface area contributed by atoms with Crippen LogP contribution in [-0.4, -0.2) is 10.9 Å². The Morgan fingerprint density at radius 3 is 2.54 bits per heavy atom. The van der Waals surface area contributed by atoms with E-state index in [9.17, 15) is 9.18 Å². The van der Waals surface area contributed by atoms with Crippen LogP contribution in [0.1, 0.15) is 20.8 Å². The van der Waals surface area contributed by atoms with Gasteiger partial charge in [-0.15, -0.1) is 11.3 Å². The third-order valence-corrected chi connectivity index (χ3v) is 4.44. The molecule has 2 aromatic carbocycles. The van der Waals surface area contributed by atoms with Gasteiger partial charge >= 0.3 is 0 Å². The molecule has 0 unspecified atom stereocenters. The summed E-state index contributed by atoms with van der Waals surface area (Å²) >= 11 is 1.44. The Morgan fingerprint density at radius 1 is 1.08 bits per heavy atom. The molecule has 0 aliphatic rings. The third-order valence-electron chi connectivity index (χ3n) is 3.68. The number of halogens is 1. The number of hydrogen-bond acceptors (Lipinski definition) is 4. The number of carbonyl (C=O) groups excluding carboxylic acids is 1. The second kappa shape index (κ2) is 7.25. The molecule has 0 spiro atoms. The first-order valence-corrected chi connectivity index (χ1v) is 9.09. The molecule has 0 bridgehead atoms. The minimum absolute atomic E-state index is 0.0404. The average Bonchev–Trinajstić information content (AvgIpc) is 3.03. The smallest absolute Gasteiger partial charge is 0.229 e. The molecule has 6 heteroatoms. The lowest BCUT2D eigenvalue weighted by molar-refractivity contribution is -0.123. The molecule has 2 N–H and O–H groups in total. The third kappa shape index (κ3) is 4.46. The molecule has 0 saturated carbocycles. The second-order valence-electron chi connectivity index (χ2n) is 6.96. The van der Waals surface area contributed by atoms with E-state index in [0.29, 0.717) is 10.8 Å². The SMILES string of the molecule is CC(C)(C)C(=O)Nc1cccc(-c2csc(Nc3cccc(F)c3)n2)c1. The van der Waals surface area contributed by atoms with Crippen LogP contribution in [-0.2, 0) is 4.79 Å². The van der Waals surface area contributed by atoms with Crippen LogP contribution in [0.5, 0.6) is 0 Å². The lowest BCUT2D eigenvalue weighted by Crippen LogP contribution is -2.27. The Hall–Kier alpha value is -2.73. The molecule has 134 valence electrons.